The number of ether oxygens (including phenoxy) is 2. The van der Waals surface area contributed by atoms with Crippen LogP contribution in [-0.4, -0.2) is 56.1 Å². The van der Waals surface area contributed by atoms with E-state index in [9.17, 15) is 14.2 Å². The summed E-state index contributed by atoms with van der Waals surface area (Å²) < 4.78 is 22.2. The fraction of sp³-hybridized carbons (Fsp3) is 0.714. The van der Waals surface area contributed by atoms with Gasteiger partial charge in [-0.25, -0.2) is 10.2 Å². The Morgan fingerprint density at radius 1 is 1.13 bits per heavy atom. The van der Waals surface area contributed by atoms with Crippen LogP contribution in [-0.2, 0) is 23.6 Å². The molecule has 0 amide bonds. The van der Waals surface area contributed by atoms with E-state index in [1.165, 1.54) is 28.1 Å². The van der Waals surface area contributed by atoms with Crippen LogP contribution in [0.1, 0.15) is 27.2 Å². The van der Waals surface area contributed by atoms with Gasteiger partial charge in [0.15, 0.2) is 0 Å². The molecule has 0 radical (unpaired) electrons. The molecule has 2 atom stereocenters. The number of methoxy groups -OCH3 is 2. The Kier molecular flexibility index (Phi) is 9.99. The maximum absolute atomic E-state index is 13.0. The van der Waals surface area contributed by atoms with Crippen molar-refractivity contribution in [3.05, 3.63) is 11.6 Å². The van der Waals surface area contributed by atoms with Gasteiger partial charge in [-0.05, 0) is 27.2 Å². The van der Waals surface area contributed by atoms with Crippen LogP contribution in [0.3, 0.4) is 0 Å². The Hall–Kier alpha value is -1.21. The van der Waals surface area contributed by atoms with Crippen LogP contribution in [0.25, 0.3) is 0 Å². The molecular formula is C14H27N2O6P. The molecule has 0 aromatic carbocycles. The number of carbonyl (C=O) groups is 2. The average Bonchev–Trinajstić information content (AvgIpc) is 2.52. The highest BCUT2D eigenvalue weighted by Crippen LogP contribution is 2.38. The standard InChI is InChI=1S/C14H27N2O6P/c1-10(9-17)7-6-8-23(20,15-11(2)13(18)21-4)16-12(3)14(19)22-5/h7,11-12,17H,6,8-9H2,1-5H3,(H2,15,16,20)/b10-7+/t11-,12-/m0/s1. The molecule has 0 aromatic heterocycles. The molecule has 0 spiro atoms. The summed E-state index contributed by atoms with van der Waals surface area (Å²) in [6, 6.07) is -1.60. The number of esters is 2. The largest absolute Gasteiger partial charge is 0.468 e. The van der Waals surface area contributed by atoms with Crippen molar-refractivity contribution < 1.29 is 28.7 Å². The van der Waals surface area contributed by atoms with Crippen LogP contribution in [0.5, 0.6) is 0 Å². The second kappa shape index (κ2) is 10.5. The molecule has 9 heteroatoms. The molecule has 0 bridgehead atoms. The normalized spacial score (nSPS) is 15.0. The van der Waals surface area contributed by atoms with Crippen molar-refractivity contribution in [3.8, 4) is 0 Å². The number of aliphatic hydroxyl groups is 1. The molecule has 0 aliphatic heterocycles. The van der Waals surface area contributed by atoms with Gasteiger partial charge in [0.2, 0.25) is 7.44 Å². The summed E-state index contributed by atoms with van der Waals surface area (Å²) >= 11 is 0. The van der Waals surface area contributed by atoms with E-state index in [0.29, 0.717) is 6.42 Å². The summed E-state index contributed by atoms with van der Waals surface area (Å²) in [6.45, 7) is 4.72. The number of carbonyl (C=O) groups excluding carboxylic acids is 2. The predicted octanol–water partition coefficient (Wildman–Crippen LogP) is 0.810. The topological polar surface area (TPSA) is 114 Å². The van der Waals surface area contributed by atoms with Crippen LogP contribution in [0.15, 0.2) is 11.6 Å². The first-order chi connectivity index (χ1) is 10.7. The van der Waals surface area contributed by atoms with E-state index in [4.69, 9.17) is 5.11 Å². The molecule has 134 valence electrons. The molecule has 0 rings (SSSR count). The monoisotopic (exact) mass is 350 g/mol. The van der Waals surface area contributed by atoms with E-state index in [1.54, 1.807) is 13.0 Å². The lowest BCUT2D eigenvalue weighted by molar-refractivity contribution is -0.142. The van der Waals surface area contributed by atoms with Gasteiger partial charge >= 0.3 is 11.9 Å². The molecule has 0 unspecified atom stereocenters. The molecule has 8 nitrogen and oxygen atoms in total. The first-order valence-corrected chi connectivity index (χ1v) is 9.15. The zero-order valence-electron chi connectivity index (χ0n) is 14.3. The van der Waals surface area contributed by atoms with E-state index >= 15 is 0 Å². The third-order valence-electron chi connectivity index (χ3n) is 3.10. The highest BCUT2D eigenvalue weighted by Gasteiger charge is 2.30. The summed E-state index contributed by atoms with van der Waals surface area (Å²) in [4.78, 5) is 23.0. The van der Waals surface area contributed by atoms with E-state index < -0.39 is 31.5 Å². The second-order valence-corrected chi connectivity index (χ2v) is 7.65. The Morgan fingerprint density at radius 3 is 1.91 bits per heavy atom. The molecule has 0 aromatic rings. The van der Waals surface area contributed by atoms with Crippen LogP contribution < -0.4 is 10.2 Å². The van der Waals surface area contributed by atoms with Gasteiger partial charge in [-0.2, -0.15) is 0 Å². The Balaban J connectivity index is 5.06. The zero-order chi connectivity index (χ0) is 18.0. The highest BCUT2D eigenvalue weighted by atomic mass is 31.2. The van der Waals surface area contributed by atoms with Crippen molar-refractivity contribution in [2.75, 3.05) is 27.0 Å². The number of hydrogen-bond donors (Lipinski definition) is 3. The number of rotatable bonds is 10. The molecule has 23 heavy (non-hydrogen) atoms. The fourth-order valence-electron chi connectivity index (χ4n) is 1.81. The maximum Gasteiger partial charge on any atom is 0.322 e. The summed E-state index contributed by atoms with van der Waals surface area (Å²) in [5.74, 6) is -1.11. The Labute approximate surface area is 137 Å². The molecule has 3 N–H and O–H groups in total. The van der Waals surface area contributed by atoms with Crippen molar-refractivity contribution in [2.24, 2.45) is 0 Å². The lowest BCUT2D eigenvalue weighted by Gasteiger charge is -2.25. The third-order valence-corrected chi connectivity index (χ3v) is 5.60. The number of nitrogens with one attached hydrogen (secondary N) is 2. The first-order valence-electron chi connectivity index (χ1n) is 7.26. The smallest absolute Gasteiger partial charge is 0.322 e. The van der Waals surface area contributed by atoms with Crippen LogP contribution >= 0.6 is 7.44 Å². The molecule has 0 aliphatic rings. The zero-order valence-corrected chi connectivity index (χ0v) is 15.2. The summed E-state index contributed by atoms with van der Waals surface area (Å²) in [5, 5.41) is 14.4. The number of aliphatic hydroxyl groups excluding tert-OH is 1. The molecule has 0 heterocycles. The van der Waals surface area contributed by atoms with Crippen molar-refractivity contribution in [3.63, 3.8) is 0 Å². The average molecular weight is 350 g/mol. The molecule has 0 fully saturated rings. The molecule has 0 saturated heterocycles. The van der Waals surface area contributed by atoms with Crippen molar-refractivity contribution in [1.29, 1.82) is 0 Å². The van der Waals surface area contributed by atoms with E-state index in [1.807, 2.05) is 0 Å². The van der Waals surface area contributed by atoms with Gasteiger partial charge in [0.1, 0.15) is 12.1 Å². The van der Waals surface area contributed by atoms with Gasteiger partial charge in [-0.3, -0.25) is 14.2 Å². The van der Waals surface area contributed by atoms with Crippen LogP contribution in [0.4, 0.5) is 0 Å². The Morgan fingerprint density at radius 2 is 1.57 bits per heavy atom. The molecular weight excluding hydrogens is 323 g/mol. The lowest BCUT2D eigenvalue weighted by Crippen LogP contribution is -2.42. The molecule has 0 saturated carbocycles. The minimum atomic E-state index is -3.26. The summed E-state index contributed by atoms with van der Waals surface area (Å²) in [5.41, 5.74) is 0.749. The van der Waals surface area contributed by atoms with Gasteiger partial charge < -0.3 is 14.6 Å². The predicted molar refractivity (Wildman–Crippen MR) is 87.2 cm³/mol. The lowest BCUT2D eigenvalue weighted by atomic mass is 10.3. The minimum absolute atomic E-state index is 0.0811. The Bertz CT molecular complexity index is 452. The van der Waals surface area contributed by atoms with E-state index in [0.717, 1.165) is 5.57 Å². The van der Waals surface area contributed by atoms with Gasteiger partial charge in [0, 0.05) is 6.16 Å². The summed E-state index contributed by atoms with van der Waals surface area (Å²) in [7, 11) is -0.782. The minimum Gasteiger partial charge on any atom is -0.468 e. The van der Waals surface area contributed by atoms with E-state index in [2.05, 4.69) is 19.6 Å². The van der Waals surface area contributed by atoms with Gasteiger partial charge in [-0.15, -0.1) is 0 Å². The van der Waals surface area contributed by atoms with Gasteiger partial charge in [0.25, 0.3) is 0 Å². The quantitative estimate of drug-likeness (QED) is 0.301. The summed E-state index contributed by atoms with van der Waals surface area (Å²) in [6.07, 6.45) is 2.32. The third kappa shape index (κ3) is 8.27. The van der Waals surface area contributed by atoms with Crippen LogP contribution in [0, 0.1) is 0 Å². The van der Waals surface area contributed by atoms with Crippen molar-refractivity contribution >= 4 is 19.4 Å². The van der Waals surface area contributed by atoms with Crippen molar-refractivity contribution in [1.82, 2.24) is 10.2 Å². The fourth-order valence-corrected chi connectivity index (χ4v) is 4.10. The van der Waals surface area contributed by atoms with Gasteiger partial charge in [-0.1, -0.05) is 11.6 Å². The van der Waals surface area contributed by atoms with E-state index in [-0.39, 0.29) is 12.8 Å². The SMILES string of the molecule is COC(=O)[C@H](C)NP(=O)(CC/C=C(\C)CO)N[C@@H](C)C(=O)OC. The second-order valence-electron chi connectivity index (χ2n) is 5.21. The van der Waals surface area contributed by atoms with Crippen LogP contribution in [0.2, 0.25) is 0 Å². The highest BCUT2D eigenvalue weighted by molar-refractivity contribution is 7.59. The van der Waals surface area contributed by atoms with Crippen molar-refractivity contribution in [2.45, 2.75) is 39.3 Å². The number of hydrogen-bond acceptors (Lipinski definition) is 6. The molecule has 0 aliphatic carbocycles. The maximum atomic E-state index is 13.0. The first kappa shape index (κ1) is 21.8. The number of allylic oxidation sites excluding steroid dienone is 1. The van der Waals surface area contributed by atoms with Gasteiger partial charge in [0.05, 0.1) is 20.8 Å².